The van der Waals surface area contributed by atoms with Gasteiger partial charge < -0.3 is 4.74 Å². The molecule has 1 nitrogen and oxygen atoms in total. The Morgan fingerprint density at radius 1 is 1.39 bits per heavy atom. The minimum Gasteiger partial charge on any atom is -0.487 e. The van der Waals surface area contributed by atoms with Crippen LogP contribution in [0, 0.1) is 6.92 Å². The van der Waals surface area contributed by atoms with Crippen LogP contribution < -0.4 is 4.74 Å². The average molecular weight is 244 g/mol. The molecule has 0 radical (unpaired) electrons. The van der Waals surface area contributed by atoms with Gasteiger partial charge in [0.25, 0.3) is 0 Å². The summed E-state index contributed by atoms with van der Waals surface area (Å²) in [4.78, 5) is 0. The van der Waals surface area contributed by atoms with Crippen LogP contribution in [0.25, 0.3) is 0 Å². The Labute approximate surface area is 111 Å². The van der Waals surface area contributed by atoms with Crippen molar-refractivity contribution in [3.8, 4) is 5.75 Å². The number of allylic oxidation sites excluding steroid dienone is 2. The highest BCUT2D eigenvalue weighted by Crippen LogP contribution is 2.37. The molecule has 1 aromatic carbocycles. The maximum atomic E-state index is 6.25. The summed E-state index contributed by atoms with van der Waals surface area (Å²) < 4.78 is 6.25. The number of hydrogen-bond acceptors (Lipinski definition) is 1. The molecular formula is C17H24O. The van der Waals surface area contributed by atoms with Crippen molar-refractivity contribution in [1.29, 1.82) is 0 Å². The molecule has 0 N–H and O–H groups in total. The second-order valence-corrected chi connectivity index (χ2v) is 5.92. The van der Waals surface area contributed by atoms with E-state index in [1.807, 2.05) is 0 Å². The van der Waals surface area contributed by atoms with Crippen LogP contribution in [0.1, 0.15) is 51.2 Å². The summed E-state index contributed by atoms with van der Waals surface area (Å²) in [6.07, 6.45) is 6.79. The summed E-state index contributed by atoms with van der Waals surface area (Å²) in [5.74, 6) is 1.10. The molecule has 0 aromatic heterocycles. The fraction of sp³-hybridized carbons (Fsp3) is 0.529. The monoisotopic (exact) mass is 244 g/mol. The zero-order chi connectivity index (χ0) is 13.2. The summed E-state index contributed by atoms with van der Waals surface area (Å²) in [6, 6.07) is 6.38. The first-order chi connectivity index (χ1) is 8.50. The molecule has 1 aromatic rings. The molecule has 1 heterocycles. The highest BCUT2D eigenvalue weighted by Gasteiger charge is 2.31. The predicted octanol–water partition coefficient (Wildman–Crippen LogP) is 4.83. The van der Waals surface area contributed by atoms with E-state index in [1.54, 1.807) is 0 Å². The molecule has 1 atom stereocenters. The van der Waals surface area contributed by atoms with Crippen molar-refractivity contribution >= 4 is 0 Å². The standard InChI is InChI=1S/C17H24O/c1-13(2)7-6-11-17(4)12-10-15-14(3)8-5-9-16(15)18-17/h5,7-9H,6,10-12H2,1-4H3. The van der Waals surface area contributed by atoms with E-state index >= 15 is 0 Å². The molecule has 0 bridgehead atoms. The van der Waals surface area contributed by atoms with E-state index in [-0.39, 0.29) is 5.60 Å². The minimum atomic E-state index is 0.00669. The summed E-state index contributed by atoms with van der Waals surface area (Å²) >= 11 is 0. The Hall–Kier alpha value is -1.24. The molecule has 1 heteroatoms. The lowest BCUT2D eigenvalue weighted by Gasteiger charge is -2.36. The molecule has 0 fully saturated rings. The van der Waals surface area contributed by atoms with E-state index in [2.05, 4.69) is 52.0 Å². The van der Waals surface area contributed by atoms with E-state index in [4.69, 9.17) is 4.74 Å². The molecule has 2 rings (SSSR count). The summed E-state index contributed by atoms with van der Waals surface area (Å²) in [7, 11) is 0. The SMILES string of the molecule is CC(C)=CCCC1(C)CCc2c(C)cccc2O1. The maximum absolute atomic E-state index is 6.25. The second-order valence-electron chi connectivity index (χ2n) is 5.92. The van der Waals surface area contributed by atoms with Gasteiger partial charge in [-0.15, -0.1) is 0 Å². The number of ether oxygens (including phenoxy) is 1. The topological polar surface area (TPSA) is 9.23 Å². The third kappa shape index (κ3) is 2.95. The Morgan fingerprint density at radius 3 is 2.89 bits per heavy atom. The minimum absolute atomic E-state index is 0.00669. The second kappa shape index (κ2) is 5.17. The molecule has 0 spiro atoms. The third-order valence-corrected chi connectivity index (χ3v) is 3.85. The molecule has 1 aliphatic heterocycles. The molecular weight excluding hydrogens is 220 g/mol. The fourth-order valence-corrected chi connectivity index (χ4v) is 2.64. The Morgan fingerprint density at radius 2 is 2.17 bits per heavy atom. The Balaban J connectivity index is 2.08. The van der Waals surface area contributed by atoms with Gasteiger partial charge in [0.15, 0.2) is 0 Å². The van der Waals surface area contributed by atoms with Gasteiger partial charge in [0.1, 0.15) is 11.4 Å². The first kappa shape index (κ1) is 13.2. The van der Waals surface area contributed by atoms with Crippen molar-refractivity contribution in [2.45, 2.75) is 59.0 Å². The lowest BCUT2D eigenvalue weighted by Crippen LogP contribution is -2.36. The predicted molar refractivity (Wildman–Crippen MR) is 77.2 cm³/mol. The lowest BCUT2D eigenvalue weighted by molar-refractivity contribution is 0.0570. The Kier molecular flexibility index (Phi) is 3.79. The molecule has 0 amide bonds. The van der Waals surface area contributed by atoms with E-state index < -0.39 is 0 Å². The molecule has 0 aliphatic carbocycles. The highest BCUT2D eigenvalue weighted by molar-refractivity contribution is 5.41. The number of benzene rings is 1. The zero-order valence-electron chi connectivity index (χ0n) is 12.0. The van der Waals surface area contributed by atoms with Gasteiger partial charge in [-0.05, 0) is 70.6 Å². The van der Waals surface area contributed by atoms with Gasteiger partial charge in [0, 0.05) is 0 Å². The third-order valence-electron chi connectivity index (χ3n) is 3.85. The molecule has 1 unspecified atom stereocenters. The van der Waals surface area contributed by atoms with Crippen LogP contribution in [-0.2, 0) is 6.42 Å². The van der Waals surface area contributed by atoms with Crippen LogP contribution in [0.15, 0.2) is 29.8 Å². The summed E-state index contributed by atoms with van der Waals surface area (Å²) in [5, 5.41) is 0. The first-order valence-corrected chi connectivity index (χ1v) is 6.91. The molecule has 0 saturated heterocycles. The van der Waals surface area contributed by atoms with Crippen molar-refractivity contribution in [3.05, 3.63) is 41.0 Å². The van der Waals surface area contributed by atoms with E-state index in [1.165, 1.54) is 16.7 Å². The van der Waals surface area contributed by atoms with Crippen LogP contribution in [0.4, 0.5) is 0 Å². The summed E-state index contributed by atoms with van der Waals surface area (Å²) in [6.45, 7) is 8.73. The van der Waals surface area contributed by atoms with E-state index in [0.717, 1.165) is 31.4 Å². The van der Waals surface area contributed by atoms with Gasteiger partial charge in [-0.1, -0.05) is 23.8 Å². The quantitative estimate of drug-likeness (QED) is 0.692. The van der Waals surface area contributed by atoms with Gasteiger partial charge in [-0.25, -0.2) is 0 Å². The van der Waals surface area contributed by atoms with E-state index in [0.29, 0.717) is 0 Å². The number of rotatable bonds is 3. The van der Waals surface area contributed by atoms with Crippen LogP contribution in [0.3, 0.4) is 0 Å². The van der Waals surface area contributed by atoms with Crippen LogP contribution >= 0.6 is 0 Å². The maximum Gasteiger partial charge on any atom is 0.123 e. The van der Waals surface area contributed by atoms with Gasteiger partial charge in [0.2, 0.25) is 0 Å². The molecule has 98 valence electrons. The van der Waals surface area contributed by atoms with Crippen molar-refractivity contribution < 1.29 is 4.74 Å². The normalized spacial score (nSPS) is 22.0. The molecule has 18 heavy (non-hydrogen) atoms. The van der Waals surface area contributed by atoms with Gasteiger partial charge in [0.05, 0.1) is 0 Å². The van der Waals surface area contributed by atoms with Gasteiger partial charge in [-0.3, -0.25) is 0 Å². The van der Waals surface area contributed by atoms with Crippen molar-refractivity contribution in [2.24, 2.45) is 0 Å². The highest BCUT2D eigenvalue weighted by atomic mass is 16.5. The lowest BCUT2D eigenvalue weighted by atomic mass is 9.87. The smallest absolute Gasteiger partial charge is 0.123 e. The molecule has 1 aliphatic rings. The number of hydrogen-bond donors (Lipinski definition) is 0. The van der Waals surface area contributed by atoms with Crippen LogP contribution in [0.5, 0.6) is 5.75 Å². The van der Waals surface area contributed by atoms with Crippen molar-refractivity contribution in [2.75, 3.05) is 0 Å². The number of fused-ring (bicyclic) bond motifs is 1. The van der Waals surface area contributed by atoms with E-state index in [9.17, 15) is 0 Å². The van der Waals surface area contributed by atoms with Crippen molar-refractivity contribution in [3.63, 3.8) is 0 Å². The molecule has 0 saturated carbocycles. The van der Waals surface area contributed by atoms with Gasteiger partial charge >= 0.3 is 0 Å². The van der Waals surface area contributed by atoms with Crippen LogP contribution in [-0.4, -0.2) is 5.60 Å². The average Bonchev–Trinajstić information content (AvgIpc) is 2.28. The van der Waals surface area contributed by atoms with Crippen molar-refractivity contribution in [1.82, 2.24) is 0 Å². The van der Waals surface area contributed by atoms with Gasteiger partial charge in [-0.2, -0.15) is 0 Å². The fourth-order valence-electron chi connectivity index (χ4n) is 2.64. The zero-order valence-corrected chi connectivity index (χ0v) is 12.0. The Bertz CT molecular complexity index is 455. The first-order valence-electron chi connectivity index (χ1n) is 6.91. The largest absolute Gasteiger partial charge is 0.487 e. The number of aryl methyl sites for hydroxylation is 1. The summed E-state index contributed by atoms with van der Waals surface area (Å²) in [5.41, 5.74) is 4.16. The van der Waals surface area contributed by atoms with Crippen LogP contribution in [0.2, 0.25) is 0 Å².